The number of aromatic nitrogens is 1. The number of nitrogens with zero attached hydrogens (tertiary/aromatic N) is 1. The molecule has 1 atom stereocenters. The van der Waals surface area contributed by atoms with Gasteiger partial charge in [-0.25, -0.2) is 0 Å². The van der Waals surface area contributed by atoms with E-state index in [0.717, 1.165) is 18.5 Å². The van der Waals surface area contributed by atoms with Crippen LogP contribution in [-0.4, -0.2) is 16.3 Å². The summed E-state index contributed by atoms with van der Waals surface area (Å²) < 4.78 is 36.1. The number of hydrogen-bond acceptors (Lipinski definition) is 3. The smallest absolute Gasteiger partial charge is 0.407 e. The van der Waals surface area contributed by atoms with Gasteiger partial charge in [-0.3, -0.25) is 4.98 Å². The zero-order valence-corrected chi connectivity index (χ0v) is 6.42. The molecule has 0 fully saturated rings. The third kappa shape index (κ3) is 2.32. The van der Waals surface area contributed by atoms with Gasteiger partial charge in [0.2, 0.25) is 0 Å². The fourth-order valence-electron chi connectivity index (χ4n) is 0.804. The van der Waals surface area contributed by atoms with Crippen LogP contribution >= 0.6 is 0 Å². The van der Waals surface area contributed by atoms with Crippen molar-refractivity contribution in [1.82, 2.24) is 4.98 Å². The predicted octanol–water partition coefficient (Wildman–Crippen LogP) is 1.35. The molecule has 0 aromatic carbocycles. The van der Waals surface area contributed by atoms with E-state index in [2.05, 4.69) is 4.98 Å². The molecular formula is C7H7F3N2O. The third-order valence-electron chi connectivity index (χ3n) is 1.46. The van der Waals surface area contributed by atoms with Crippen LogP contribution in [-0.2, 0) is 0 Å². The molecular weight excluding hydrogens is 185 g/mol. The van der Waals surface area contributed by atoms with Crippen LogP contribution in [0.5, 0.6) is 5.75 Å². The van der Waals surface area contributed by atoms with E-state index in [9.17, 15) is 13.2 Å². The average Bonchev–Trinajstić information content (AvgIpc) is 2.01. The summed E-state index contributed by atoms with van der Waals surface area (Å²) in [6.07, 6.45) is -2.51. The Morgan fingerprint density at radius 3 is 2.46 bits per heavy atom. The van der Waals surface area contributed by atoms with Gasteiger partial charge in [0.15, 0.2) is 0 Å². The molecule has 0 aliphatic heterocycles. The molecule has 0 saturated heterocycles. The Bertz CT molecular complexity index is 300. The molecule has 1 aromatic heterocycles. The molecule has 1 rings (SSSR count). The van der Waals surface area contributed by atoms with E-state index in [4.69, 9.17) is 10.8 Å². The second kappa shape index (κ2) is 3.21. The predicted molar refractivity (Wildman–Crippen MR) is 38.9 cm³/mol. The normalized spacial score (nSPS) is 14.2. The van der Waals surface area contributed by atoms with Crippen molar-refractivity contribution in [1.29, 1.82) is 0 Å². The SMILES string of the molecule is N[C@H](c1cncc(O)c1)C(F)(F)F. The van der Waals surface area contributed by atoms with Crippen molar-refractivity contribution in [3.8, 4) is 5.75 Å². The maximum atomic E-state index is 12.0. The van der Waals surface area contributed by atoms with Crippen LogP contribution in [0.15, 0.2) is 18.5 Å². The fourth-order valence-corrected chi connectivity index (χ4v) is 0.804. The first-order valence-electron chi connectivity index (χ1n) is 3.37. The second-order valence-electron chi connectivity index (χ2n) is 2.50. The minimum absolute atomic E-state index is 0.257. The Hall–Kier alpha value is -1.30. The highest BCUT2D eigenvalue weighted by atomic mass is 19.4. The molecule has 1 aromatic rings. The van der Waals surface area contributed by atoms with Crippen molar-refractivity contribution < 1.29 is 18.3 Å². The van der Waals surface area contributed by atoms with Gasteiger partial charge in [0, 0.05) is 6.20 Å². The topological polar surface area (TPSA) is 59.1 Å². The maximum absolute atomic E-state index is 12.0. The van der Waals surface area contributed by atoms with Crippen molar-refractivity contribution >= 4 is 0 Å². The number of aromatic hydroxyl groups is 1. The van der Waals surface area contributed by atoms with Gasteiger partial charge in [0.1, 0.15) is 11.8 Å². The lowest BCUT2D eigenvalue weighted by molar-refractivity contribution is -0.149. The standard InChI is InChI=1S/C7H7F3N2O/c8-7(9,10)6(11)4-1-5(13)3-12-2-4/h1-3,6,13H,11H2/t6-/m1/s1. The van der Waals surface area contributed by atoms with E-state index in [0.29, 0.717) is 0 Å². The van der Waals surface area contributed by atoms with E-state index in [1.165, 1.54) is 0 Å². The van der Waals surface area contributed by atoms with Gasteiger partial charge >= 0.3 is 6.18 Å². The fraction of sp³-hybridized carbons (Fsp3) is 0.286. The van der Waals surface area contributed by atoms with Gasteiger partial charge in [0.05, 0.1) is 6.20 Å². The summed E-state index contributed by atoms with van der Waals surface area (Å²) >= 11 is 0. The number of rotatable bonds is 1. The van der Waals surface area contributed by atoms with Crippen LogP contribution < -0.4 is 5.73 Å². The summed E-state index contributed by atoms with van der Waals surface area (Å²) in [7, 11) is 0. The molecule has 0 unspecified atom stereocenters. The molecule has 0 spiro atoms. The number of pyridine rings is 1. The highest BCUT2D eigenvalue weighted by Crippen LogP contribution is 2.30. The van der Waals surface area contributed by atoms with Gasteiger partial charge in [0.25, 0.3) is 0 Å². The first-order chi connectivity index (χ1) is 5.91. The molecule has 0 saturated carbocycles. The van der Waals surface area contributed by atoms with Crippen LogP contribution in [0.4, 0.5) is 13.2 Å². The molecule has 3 nitrogen and oxygen atoms in total. The maximum Gasteiger partial charge on any atom is 0.407 e. The molecule has 0 amide bonds. The minimum atomic E-state index is -4.52. The summed E-state index contributed by atoms with van der Waals surface area (Å²) in [5.41, 5.74) is 4.61. The van der Waals surface area contributed by atoms with E-state index < -0.39 is 12.2 Å². The number of hydrogen-bond donors (Lipinski definition) is 2. The first kappa shape index (κ1) is 9.79. The number of halogens is 3. The summed E-state index contributed by atoms with van der Waals surface area (Å²) in [5.74, 6) is -0.336. The third-order valence-corrected chi connectivity index (χ3v) is 1.46. The molecule has 0 aliphatic rings. The van der Waals surface area contributed by atoms with Gasteiger partial charge in [-0.15, -0.1) is 0 Å². The zero-order valence-electron chi connectivity index (χ0n) is 6.42. The summed E-state index contributed by atoms with van der Waals surface area (Å²) in [5, 5.41) is 8.84. The zero-order chi connectivity index (χ0) is 10.1. The molecule has 1 heterocycles. The second-order valence-corrected chi connectivity index (χ2v) is 2.50. The molecule has 0 bridgehead atoms. The molecule has 0 aliphatic carbocycles. The van der Waals surface area contributed by atoms with E-state index in [1.54, 1.807) is 0 Å². The van der Waals surface area contributed by atoms with Gasteiger partial charge in [-0.05, 0) is 11.6 Å². The number of nitrogens with two attached hydrogens (primary N) is 1. The van der Waals surface area contributed by atoms with Crippen LogP contribution in [0.1, 0.15) is 11.6 Å². The molecule has 0 radical (unpaired) electrons. The van der Waals surface area contributed by atoms with E-state index in [-0.39, 0.29) is 11.3 Å². The average molecular weight is 192 g/mol. The molecule has 3 N–H and O–H groups in total. The van der Waals surface area contributed by atoms with Gasteiger partial charge < -0.3 is 10.8 Å². The summed E-state index contributed by atoms with van der Waals surface area (Å²) in [4.78, 5) is 3.39. The Morgan fingerprint density at radius 2 is 2.00 bits per heavy atom. The van der Waals surface area contributed by atoms with Crippen molar-refractivity contribution in [3.05, 3.63) is 24.0 Å². The lowest BCUT2D eigenvalue weighted by Crippen LogP contribution is -2.28. The molecule has 13 heavy (non-hydrogen) atoms. The Balaban J connectivity index is 2.96. The van der Waals surface area contributed by atoms with Gasteiger partial charge in [-0.2, -0.15) is 13.2 Å². The van der Waals surface area contributed by atoms with Crippen molar-refractivity contribution in [2.45, 2.75) is 12.2 Å². The van der Waals surface area contributed by atoms with Crippen LogP contribution in [0, 0.1) is 0 Å². The van der Waals surface area contributed by atoms with Crippen LogP contribution in [0.3, 0.4) is 0 Å². The lowest BCUT2D eigenvalue weighted by Gasteiger charge is -2.15. The Morgan fingerprint density at radius 1 is 1.38 bits per heavy atom. The Kier molecular flexibility index (Phi) is 2.42. The highest BCUT2D eigenvalue weighted by Gasteiger charge is 2.38. The number of alkyl halides is 3. The quantitative estimate of drug-likeness (QED) is 0.706. The first-order valence-corrected chi connectivity index (χ1v) is 3.37. The largest absolute Gasteiger partial charge is 0.506 e. The van der Waals surface area contributed by atoms with Crippen LogP contribution in [0.25, 0.3) is 0 Å². The van der Waals surface area contributed by atoms with Crippen molar-refractivity contribution in [2.24, 2.45) is 5.73 Å². The molecule has 72 valence electrons. The monoisotopic (exact) mass is 192 g/mol. The van der Waals surface area contributed by atoms with Crippen molar-refractivity contribution in [3.63, 3.8) is 0 Å². The van der Waals surface area contributed by atoms with Gasteiger partial charge in [-0.1, -0.05) is 0 Å². The van der Waals surface area contributed by atoms with E-state index >= 15 is 0 Å². The van der Waals surface area contributed by atoms with Crippen LogP contribution in [0.2, 0.25) is 0 Å². The van der Waals surface area contributed by atoms with Crippen molar-refractivity contribution in [2.75, 3.05) is 0 Å². The highest BCUT2D eigenvalue weighted by molar-refractivity contribution is 5.25. The minimum Gasteiger partial charge on any atom is -0.506 e. The molecule has 6 heteroatoms. The lowest BCUT2D eigenvalue weighted by atomic mass is 10.1. The summed E-state index contributed by atoms with van der Waals surface area (Å²) in [6, 6.07) is -1.17. The summed E-state index contributed by atoms with van der Waals surface area (Å²) in [6.45, 7) is 0. The van der Waals surface area contributed by atoms with E-state index in [1.807, 2.05) is 0 Å². The Labute approximate surface area is 72.0 Å².